The van der Waals surface area contributed by atoms with Crippen LogP contribution in [0, 0.1) is 0 Å². The molecule has 0 fully saturated rings. The van der Waals surface area contributed by atoms with Gasteiger partial charge in [-0.15, -0.1) is 0 Å². The molecule has 51 heavy (non-hydrogen) atoms. The van der Waals surface area contributed by atoms with Crippen molar-refractivity contribution in [1.29, 1.82) is 0 Å². The molecule has 234 valence electrons. The lowest BCUT2D eigenvalue weighted by atomic mass is 9.92. The first-order valence-corrected chi connectivity index (χ1v) is 17.4. The maximum Gasteiger partial charge on any atom is 0.164 e. The number of nitrogens with zero attached hydrogens (tertiary/aromatic N) is 4. The zero-order chi connectivity index (χ0) is 33.2. The molecule has 0 bridgehead atoms. The quantitative estimate of drug-likeness (QED) is 0.179. The van der Waals surface area contributed by atoms with Crippen LogP contribution in [0.4, 0.5) is 0 Å². The molecule has 0 aliphatic heterocycles. The smallest absolute Gasteiger partial charge is 0.164 e. The Morgan fingerprint density at radius 2 is 0.588 bits per heavy atom. The van der Waals surface area contributed by atoms with Crippen LogP contribution in [0.25, 0.3) is 116 Å². The van der Waals surface area contributed by atoms with Crippen molar-refractivity contribution in [3.63, 3.8) is 0 Å². The fourth-order valence-electron chi connectivity index (χ4n) is 8.64. The van der Waals surface area contributed by atoms with E-state index in [0.717, 1.165) is 22.4 Å². The van der Waals surface area contributed by atoms with Crippen molar-refractivity contribution in [3.8, 4) is 39.9 Å². The van der Waals surface area contributed by atoms with Crippen molar-refractivity contribution >= 4 is 75.7 Å². The Morgan fingerprint density at radius 3 is 0.961 bits per heavy atom. The molecule has 0 unspecified atom stereocenters. The van der Waals surface area contributed by atoms with Crippen LogP contribution in [0.1, 0.15) is 0 Å². The van der Waals surface area contributed by atoms with E-state index in [0.29, 0.717) is 17.5 Å². The number of hydrogen-bond donors (Lipinski definition) is 0. The minimum atomic E-state index is 0.650. The van der Waals surface area contributed by atoms with E-state index in [1.165, 1.54) is 75.7 Å². The summed E-state index contributed by atoms with van der Waals surface area (Å²) in [6, 6.07) is 56.5. The van der Waals surface area contributed by atoms with E-state index < -0.39 is 0 Å². The molecule has 0 saturated carbocycles. The van der Waals surface area contributed by atoms with Crippen LogP contribution < -0.4 is 0 Å². The highest BCUT2D eigenvalue weighted by molar-refractivity contribution is 6.45. The Hall–Kier alpha value is -6.91. The highest BCUT2D eigenvalue weighted by Crippen LogP contribution is 2.50. The largest absolute Gasteiger partial charge is 0.309 e. The topological polar surface area (TPSA) is 43.6 Å². The lowest BCUT2D eigenvalue weighted by Gasteiger charge is -2.14. The Labute approximate surface area is 291 Å². The molecule has 4 nitrogen and oxygen atoms in total. The monoisotopic (exact) mass is 646 g/mol. The fraction of sp³-hybridized carbons (Fsp3) is 0. The van der Waals surface area contributed by atoms with Gasteiger partial charge in [0.2, 0.25) is 0 Å². The third-order valence-corrected chi connectivity index (χ3v) is 10.9. The summed E-state index contributed by atoms with van der Waals surface area (Å²) in [7, 11) is 0. The van der Waals surface area contributed by atoms with Crippen LogP contribution in [0.5, 0.6) is 0 Å². The van der Waals surface area contributed by atoms with E-state index in [-0.39, 0.29) is 0 Å². The lowest BCUT2D eigenvalue weighted by Crippen LogP contribution is -2.00. The van der Waals surface area contributed by atoms with Gasteiger partial charge in [-0.05, 0) is 79.5 Å². The SMILES string of the molecule is c1ccc(-c2nc(-c3ccccc3)nc(-c3ccc(-n4c5ccc6ccc7ccc8ccc9ccc%10ccc4c4c%10c9c8c7c6c45)cc3)n2)cc1. The van der Waals surface area contributed by atoms with Gasteiger partial charge in [-0.2, -0.15) is 0 Å². The predicted molar refractivity (Wildman–Crippen MR) is 212 cm³/mol. The van der Waals surface area contributed by atoms with Gasteiger partial charge in [0.25, 0.3) is 0 Å². The maximum absolute atomic E-state index is 4.98. The maximum atomic E-state index is 4.98. The minimum Gasteiger partial charge on any atom is -0.309 e. The van der Waals surface area contributed by atoms with Crippen LogP contribution in [-0.4, -0.2) is 19.5 Å². The van der Waals surface area contributed by atoms with Gasteiger partial charge in [-0.3, -0.25) is 0 Å². The van der Waals surface area contributed by atoms with Crippen molar-refractivity contribution in [1.82, 2.24) is 19.5 Å². The summed E-state index contributed by atoms with van der Waals surface area (Å²) >= 11 is 0. The number of hydrogen-bond acceptors (Lipinski definition) is 3. The van der Waals surface area contributed by atoms with E-state index >= 15 is 0 Å². The average molecular weight is 647 g/mol. The van der Waals surface area contributed by atoms with Gasteiger partial charge in [-0.1, -0.05) is 121 Å². The minimum absolute atomic E-state index is 0.650. The molecule has 12 aromatic rings. The number of rotatable bonds is 4. The first kappa shape index (κ1) is 27.0. The molecule has 0 aliphatic carbocycles. The van der Waals surface area contributed by atoms with Gasteiger partial charge in [0.15, 0.2) is 17.5 Å². The molecule has 2 heterocycles. The molecule has 0 amide bonds. The summed E-state index contributed by atoms with van der Waals surface area (Å²) in [6.07, 6.45) is 0. The number of benzene rings is 9. The standard InChI is InChI=1S/C47H26N4/c1-3-7-32(8-4-1)45-48-46(33-9-5-2-6-10-33)50-47(49-45)34-19-23-35(24-20-34)51-36-25-21-30-17-15-28-13-11-27-12-14-29-16-18-31-22-26-37(51)44-42(31)40(29)38(27)39(28)41(30)43(36)44/h1-26H. The van der Waals surface area contributed by atoms with Crippen LogP contribution >= 0.6 is 0 Å². The molecule has 2 aromatic heterocycles. The van der Waals surface area contributed by atoms with E-state index in [1.807, 2.05) is 60.7 Å². The molecule has 12 rings (SSSR count). The Kier molecular flexibility index (Phi) is 5.20. The third kappa shape index (κ3) is 3.65. The normalized spacial score (nSPS) is 12.3. The van der Waals surface area contributed by atoms with Crippen molar-refractivity contribution in [2.75, 3.05) is 0 Å². The van der Waals surface area contributed by atoms with Gasteiger partial charge in [0, 0.05) is 43.9 Å². The average Bonchev–Trinajstić information content (AvgIpc) is 3.47. The molecule has 10 aromatic carbocycles. The molecule has 4 heteroatoms. The zero-order valence-electron chi connectivity index (χ0n) is 27.3. The molecule has 0 atom stereocenters. The van der Waals surface area contributed by atoms with E-state index in [9.17, 15) is 0 Å². The predicted octanol–water partition coefficient (Wildman–Crippen LogP) is 12.0. The van der Waals surface area contributed by atoms with E-state index in [4.69, 9.17) is 15.0 Å². The summed E-state index contributed by atoms with van der Waals surface area (Å²) < 4.78 is 2.44. The molecule has 0 spiro atoms. The lowest BCUT2D eigenvalue weighted by molar-refractivity contribution is 1.07. The van der Waals surface area contributed by atoms with Gasteiger partial charge >= 0.3 is 0 Å². The van der Waals surface area contributed by atoms with Crippen LogP contribution in [0.15, 0.2) is 158 Å². The Bertz CT molecular complexity index is 3070. The van der Waals surface area contributed by atoms with Crippen molar-refractivity contribution in [2.24, 2.45) is 0 Å². The highest BCUT2D eigenvalue weighted by atomic mass is 15.0. The molecule has 0 aliphatic rings. The second kappa shape index (κ2) is 9.84. The second-order valence-electron chi connectivity index (χ2n) is 13.6. The fourth-order valence-corrected chi connectivity index (χ4v) is 8.64. The molecular formula is C47H26N4. The zero-order valence-corrected chi connectivity index (χ0v) is 27.3. The summed E-state index contributed by atoms with van der Waals surface area (Å²) in [5.74, 6) is 1.97. The second-order valence-corrected chi connectivity index (χ2v) is 13.6. The summed E-state index contributed by atoms with van der Waals surface area (Å²) in [4.78, 5) is 14.8. The molecule has 0 saturated heterocycles. The molecule has 0 N–H and O–H groups in total. The third-order valence-electron chi connectivity index (χ3n) is 10.9. The van der Waals surface area contributed by atoms with Gasteiger partial charge < -0.3 is 4.57 Å². The van der Waals surface area contributed by atoms with Crippen LogP contribution in [-0.2, 0) is 0 Å². The summed E-state index contributed by atoms with van der Waals surface area (Å²) in [5, 5.41) is 15.9. The van der Waals surface area contributed by atoms with Gasteiger partial charge in [0.1, 0.15) is 0 Å². The first-order valence-electron chi connectivity index (χ1n) is 17.4. The summed E-state index contributed by atoms with van der Waals surface area (Å²) in [5.41, 5.74) is 6.39. The molecular weight excluding hydrogens is 621 g/mol. The van der Waals surface area contributed by atoms with E-state index in [2.05, 4.69) is 102 Å². The van der Waals surface area contributed by atoms with Crippen molar-refractivity contribution in [3.05, 3.63) is 158 Å². The first-order chi connectivity index (χ1) is 25.3. The highest BCUT2D eigenvalue weighted by Gasteiger charge is 2.24. The molecule has 0 radical (unpaired) electrons. The van der Waals surface area contributed by atoms with Crippen molar-refractivity contribution in [2.45, 2.75) is 0 Å². The number of aromatic nitrogens is 4. The van der Waals surface area contributed by atoms with Gasteiger partial charge in [0.05, 0.1) is 11.0 Å². The van der Waals surface area contributed by atoms with Crippen LogP contribution in [0.3, 0.4) is 0 Å². The Morgan fingerprint density at radius 1 is 0.275 bits per heavy atom. The van der Waals surface area contributed by atoms with Crippen molar-refractivity contribution < 1.29 is 0 Å². The van der Waals surface area contributed by atoms with Crippen LogP contribution in [0.2, 0.25) is 0 Å². The van der Waals surface area contributed by atoms with Gasteiger partial charge in [-0.25, -0.2) is 15.0 Å². The van der Waals surface area contributed by atoms with E-state index in [1.54, 1.807) is 0 Å². The summed E-state index contributed by atoms with van der Waals surface area (Å²) in [6.45, 7) is 0. The Balaban J connectivity index is 1.12.